The zero-order valence-electron chi connectivity index (χ0n) is 14.5. The molecule has 4 rings (SSSR count). The van der Waals surface area contributed by atoms with E-state index in [4.69, 9.17) is 18.9 Å². The number of ether oxygens (including phenoxy) is 4. The monoisotopic (exact) mass is 385 g/mol. The van der Waals surface area contributed by atoms with Gasteiger partial charge in [0, 0.05) is 16.5 Å². The topological polar surface area (TPSA) is 87.1 Å². The highest BCUT2D eigenvalue weighted by Gasteiger charge is 2.23. The summed E-state index contributed by atoms with van der Waals surface area (Å²) in [6.07, 6.45) is 0. The van der Waals surface area contributed by atoms with E-state index in [9.17, 15) is 9.90 Å². The maximum absolute atomic E-state index is 11.5. The van der Waals surface area contributed by atoms with E-state index in [2.05, 4.69) is 4.37 Å². The van der Waals surface area contributed by atoms with Gasteiger partial charge < -0.3 is 24.1 Å². The van der Waals surface area contributed by atoms with Crippen molar-refractivity contribution in [3.05, 3.63) is 41.3 Å². The van der Waals surface area contributed by atoms with Crippen molar-refractivity contribution in [1.82, 2.24) is 4.37 Å². The van der Waals surface area contributed by atoms with Crippen LogP contribution in [-0.4, -0.2) is 36.5 Å². The van der Waals surface area contributed by atoms with Crippen molar-refractivity contribution in [3.63, 3.8) is 0 Å². The van der Waals surface area contributed by atoms with Crippen LogP contribution < -0.4 is 18.9 Å². The molecule has 0 atom stereocenters. The van der Waals surface area contributed by atoms with E-state index < -0.39 is 5.97 Å². The molecule has 0 fully saturated rings. The molecule has 138 valence electrons. The lowest BCUT2D eigenvalue weighted by molar-refractivity contribution is 0.0693. The number of nitrogens with zero attached hydrogens (tertiary/aromatic N) is 1. The molecular weight excluding hydrogens is 370 g/mol. The summed E-state index contributed by atoms with van der Waals surface area (Å²) in [4.78, 5) is 11.5. The second kappa shape index (κ2) is 6.81. The number of benzene rings is 2. The van der Waals surface area contributed by atoms with E-state index in [0.29, 0.717) is 28.7 Å². The molecule has 2 aromatic carbocycles. The number of carbonyl (C=O) groups is 1. The summed E-state index contributed by atoms with van der Waals surface area (Å²) in [5.41, 5.74) is 3.13. The Morgan fingerprint density at radius 3 is 2.67 bits per heavy atom. The van der Waals surface area contributed by atoms with Crippen LogP contribution in [0, 0.1) is 0 Å². The highest BCUT2D eigenvalue weighted by atomic mass is 32.1. The highest BCUT2D eigenvalue weighted by Crippen LogP contribution is 2.45. The molecule has 0 saturated heterocycles. The Kier molecular flexibility index (Phi) is 4.33. The van der Waals surface area contributed by atoms with E-state index in [-0.39, 0.29) is 12.4 Å². The minimum atomic E-state index is -1.05. The van der Waals surface area contributed by atoms with Crippen molar-refractivity contribution in [2.24, 2.45) is 0 Å². The molecule has 1 aliphatic rings. The molecule has 1 aromatic heterocycles. The van der Waals surface area contributed by atoms with Crippen LogP contribution in [0.5, 0.6) is 23.0 Å². The summed E-state index contributed by atoms with van der Waals surface area (Å²) < 4.78 is 25.9. The van der Waals surface area contributed by atoms with Gasteiger partial charge in [0.25, 0.3) is 0 Å². The third kappa shape index (κ3) is 2.93. The normalized spacial score (nSPS) is 12.1. The fraction of sp³-hybridized carbons (Fsp3) is 0.158. The van der Waals surface area contributed by atoms with Gasteiger partial charge >= 0.3 is 5.97 Å². The molecule has 27 heavy (non-hydrogen) atoms. The van der Waals surface area contributed by atoms with Crippen LogP contribution in [0.2, 0.25) is 0 Å². The molecule has 0 unspecified atom stereocenters. The van der Waals surface area contributed by atoms with Gasteiger partial charge in [-0.05, 0) is 41.4 Å². The maximum Gasteiger partial charge on any atom is 0.339 e. The first-order valence-electron chi connectivity index (χ1n) is 7.96. The van der Waals surface area contributed by atoms with Gasteiger partial charge in [0.15, 0.2) is 11.5 Å². The predicted octanol–water partition coefficient (Wildman–Crippen LogP) is 3.92. The van der Waals surface area contributed by atoms with Gasteiger partial charge in [0.1, 0.15) is 11.3 Å². The van der Waals surface area contributed by atoms with Crippen molar-refractivity contribution < 1.29 is 28.8 Å². The van der Waals surface area contributed by atoms with Crippen LogP contribution in [0.3, 0.4) is 0 Å². The molecular formula is C19H15NO6S. The summed E-state index contributed by atoms with van der Waals surface area (Å²) in [6, 6.07) is 8.69. The Hall–Kier alpha value is -3.26. The zero-order chi connectivity index (χ0) is 19.0. The number of carboxylic acids is 1. The second-order valence-corrected chi connectivity index (χ2v) is 6.34. The number of carboxylic acid groups (broad SMARTS) is 1. The summed E-state index contributed by atoms with van der Waals surface area (Å²) in [6.45, 7) is 0.138. The van der Waals surface area contributed by atoms with Crippen molar-refractivity contribution >= 4 is 17.5 Å². The highest BCUT2D eigenvalue weighted by molar-refractivity contribution is 7.04. The summed E-state index contributed by atoms with van der Waals surface area (Å²) in [7, 11) is 3.00. The van der Waals surface area contributed by atoms with Gasteiger partial charge in [-0.15, -0.1) is 0 Å². The molecule has 2 heterocycles. The van der Waals surface area contributed by atoms with E-state index in [1.165, 1.54) is 18.6 Å². The minimum absolute atomic E-state index is 0.0930. The molecule has 1 N–H and O–H groups in total. The number of aromatic carboxylic acids is 1. The number of rotatable bonds is 5. The Balaban J connectivity index is 1.83. The van der Waals surface area contributed by atoms with E-state index in [0.717, 1.165) is 16.7 Å². The minimum Gasteiger partial charge on any atom is -0.496 e. The Morgan fingerprint density at radius 2 is 1.93 bits per heavy atom. The Bertz CT molecular complexity index is 1030. The van der Waals surface area contributed by atoms with E-state index in [1.807, 2.05) is 23.6 Å². The SMILES string of the molecule is COc1ccc(-c2csnc2-c2cc(OC)c3c(c2)OCO3)cc1C(=O)O. The number of fused-ring (bicyclic) bond motifs is 1. The largest absolute Gasteiger partial charge is 0.496 e. The van der Waals surface area contributed by atoms with Gasteiger partial charge in [0.2, 0.25) is 12.5 Å². The standard InChI is InChI=1S/C19H15NO6S/c1-23-14-4-3-10(5-12(14)19(21)22)13-8-27-20-17(13)11-6-15(24-2)18-16(7-11)25-9-26-18/h3-8H,9H2,1-2H3,(H,21,22). The summed E-state index contributed by atoms with van der Waals surface area (Å²) in [5, 5.41) is 11.3. The Labute approximate surface area is 158 Å². The zero-order valence-corrected chi connectivity index (χ0v) is 15.3. The molecule has 7 nitrogen and oxygen atoms in total. The van der Waals surface area contributed by atoms with Gasteiger partial charge in [-0.2, -0.15) is 4.37 Å². The van der Waals surface area contributed by atoms with Gasteiger partial charge in [-0.3, -0.25) is 0 Å². The number of methoxy groups -OCH3 is 2. The molecule has 0 bridgehead atoms. The molecule has 3 aromatic rings. The van der Waals surface area contributed by atoms with Gasteiger partial charge in [-0.1, -0.05) is 6.07 Å². The number of hydrogen-bond donors (Lipinski definition) is 1. The van der Waals surface area contributed by atoms with Crippen molar-refractivity contribution in [2.45, 2.75) is 0 Å². The van der Waals surface area contributed by atoms with Crippen molar-refractivity contribution in [3.8, 4) is 45.4 Å². The average Bonchev–Trinajstić information content (AvgIpc) is 3.35. The molecule has 0 saturated carbocycles. The Morgan fingerprint density at radius 1 is 1.11 bits per heavy atom. The summed E-state index contributed by atoms with van der Waals surface area (Å²) in [5.74, 6) is 0.962. The maximum atomic E-state index is 11.5. The van der Waals surface area contributed by atoms with E-state index in [1.54, 1.807) is 19.2 Å². The van der Waals surface area contributed by atoms with Crippen LogP contribution in [-0.2, 0) is 0 Å². The lowest BCUT2D eigenvalue weighted by Gasteiger charge is -2.10. The molecule has 8 heteroatoms. The summed E-state index contributed by atoms with van der Waals surface area (Å²) >= 11 is 1.29. The van der Waals surface area contributed by atoms with Crippen LogP contribution >= 0.6 is 11.5 Å². The second-order valence-electron chi connectivity index (χ2n) is 5.71. The third-order valence-corrected chi connectivity index (χ3v) is 4.87. The molecule has 1 aliphatic heterocycles. The lowest BCUT2D eigenvalue weighted by atomic mass is 9.99. The predicted molar refractivity (Wildman–Crippen MR) is 99.2 cm³/mol. The average molecular weight is 385 g/mol. The van der Waals surface area contributed by atoms with Crippen LogP contribution in [0.25, 0.3) is 22.4 Å². The number of aromatic nitrogens is 1. The van der Waals surface area contributed by atoms with Crippen molar-refractivity contribution in [2.75, 3.05) is 21.0 Å². The molecule has 0 aliphatic carbocycles. The smallest absolute Gasteiger partial charge is 0.339 e. The molecule has 0 radical (unpaired) electrons. The fourth-order valence-corrected chi connectivity index (χ4v) is 3.67. The molecule has 0 amide bonds. The first kappa shape index (κ1) is 17.2. The first-order chi connectivity index (χ1) is 13.1. The van der Waals surface area contributed by atoms with Crippen LogP contribution in [0.1, 0.15) is 10.4 Å². The lowest BCUT2D eigenvalue weighted by Crippen LogP contribution is -2.00. The van der Waals surface area contributed by atoms with Gasteiger partial charge in [-0.25, -0.2) is 4.79 Å². The van der Waals surface area contributed by atoms with Crippen LogP contribution in [0.4, 0.5) is 0 Å². The third-order valence-electron chi connectivity index (χ3n) is 4.24. The first-order valence-corrected chi connectivity index (χ1v) is 8.80. The van der Waals surface area contributed by atoms with Crippen molar-refractivity contribution in [1.29, 1.82) is 0 Å². The van der Waals surface area contributed by atoms with E-state index >= 15 is 0 Å². The number of hydrogen-bond acceptors (Lipinski definition) is 7. The quantitative estimate of drug-likeness (QED) is 0.712. The van der Waals surface area contributed by atoms with Gasteiger partial charge in [0.05, 0.1) is 19.9 Å². The fourth-order valence-electron chi connectivity index (χ4n) is 2.96. The molecule has 0 spiro atoms. The van der Waals surface area contributed by atoms with Crippen LogP contribution in [0.15, 0.2) is 35.7 Å².